The maximum absolute atomic E-state index is 10.6. The summed E-state index contributed by atoms with van der Waals surface area (Å²) in [7, 11) is 0. The van der Waals surface area contributed by atoms with Crippen LogP contribution < -0.4 is 5.32 Å². The largest absolute Gasteiger partial charge is 0.480 e. The number of carboxylic acids is 1. The molecular formula is C9H15NO4S. The molecule has 0 saturated heterocycles. The number of ether oxygens (including phenoxy) is 1. The molecule has 1 saturated carbocycles. The summed E-state index contributed by atoms with van der Waals surface area (Å²) in [6, 6.07) is -0.822. The highest BCUT2D eigenvalue weighted by atomic mass is 32.2. The number of rotatable bonds is 9. The van der Waals surface area contributed by atoms with E-state index in [-0.39, 0.29) is 0 Å². The Hall–Kier alpha value is -0.750. The van der Waals surface area contributed by atoms with Gasteiger partial charge in [-0.1, -0.05) is 0 Å². The molecule has 2 N–H and O–H groups in total. The van der Waals surface area contributed by atoms with Crippen molar-refractivity contribution < 1.29 is 19.4 Å². The van der Waals surface area contributed by atoms with E-state index in [4.69, 9.17) is 9.84 Å². The summed E-state index contributed by atoms with van der Waals surface area (Å²) < 4.78 is 5.32. The molecule has 0 bridgehead atoms. The quantitative estimate of drug-likeness (QED) is 0.340. The molecule has 5 nitrogen and oxygen atoms in total. The molecule has 0 heterocycles. The second kappa shape index (κ2) is 6.68. The average Bonchev–Trinajstić information content (AvgIpc) is 2.99. The molecule has 15 heavy (non-hydrogen) atoms. The zero-order chi connectivity index (χ0) is 11.1. The highest BCUT2D eigenvalue weighted by Crippen LogP contribution is 2.29. The number of thioether (sulfide) groups is 1. The van der Waals surface area contributed by atoms with Crippen molar-refractivity contribution in [3.8, 4) is 0 Å². The van der Waals surface area contributed by atoms with Crippen molar-refractivity contribution in [3.63, 3.8) is 0 Å². The summed E-state index contributed by atoms with van der Waals surface area (Å²) in [6.45, 7) is 0.770. The minimum Gasteiger partial charge on any atom is -0.480 e. The molecule has 1 atom stereocenters. The number of hydrogen-bond acceptors (Lipinski definition) is 4. The van der Waals surface area contributed by atoms with Gasteiger partial charge in [-0.3, -0.25) is 4.79 Å². The lowest BCUT2D eigenvalue weighted by molar-refractivity contribution is -0.139. The molecule has 1 amide bonds. The molecule has 0 radical (unpaired) electrons. The van der Waals surface area contributed by atoms with Gasteiger partial charge in [0.25, 0.3) is 0 Å². The summed E-state index contributed by atoms with van der Waals surface area (Å²) in [5.74, 6) is 0.519. The molecule has 0 aromatic carbocycles. The van der Waals surface area contributed by atoms with Gasteiger partial charge in [0.2, 0.25) is 6.41 Å². The SMILES string of the molecule is O=CNC(CSCOCC1CC1)C(=O)O. The minimum atomic E-state index is -1.02. The van der Waals surface area contributed by atoms with Gasteiger partial charge in [0.1, 0.15) is 6.04 Å². The molecular weight excluding hydrogens is 218 g/mol. The number of carbonyl (C=O) groups is 2. The third-order valence-corrected chi connectivity index (χ3v) is 2.97. The van der Waals surface area contributed by atoms with Gasteiger partial charge in [-0.2, -0.15) is 0 Å². The van der Waals surface area contributed by atoms with Crippen molar-refractivity contribution in [2.45, 2.75) is 18.9 Å². The maximum atomic E-state index is 10.6. The Morgan fingerprint density at radius 3 is 2.93 bits per heavy atom. The highest BCUT2D eigenvalue weighted by molar-refractivity contribution is 7.99. The van der Waals surface area contributed by atoms with Gasteiger partial charge in [-0.15, -0.1) is 11.8 Å². The van der Waals surface area contributed by atoms with Crippen LogP contribution in [-0.2, 0) is 14.3 Å². The fourth-order valence-corrected chi connectivity index (χ4v) is 1.78. The zero-order valence-corrected chi connectivity index (χ0v) is 9.16. The van der Waals surface area contributed by atoms with Gasteiger partial charge in [0.15, 0.2) is 0 Å². The first-order valence-corrected chi connectivity index (χ1v) is 5.97. The number of carboxylic acid groups (broad SMARTS) is 1. The van der Waals surface area contributed by atoms with Crippen LogP contribution in [0.4, 0.5) is 0 Å². The zero-order valence-electron chi connectivity index (χ0n) is 8.35. The fourth-order valence-electron chi connectivity index (χ4n) is 0.997. The second-order valence-electron chi connectivity index (χ2n) is 3.48. The summed E-state index contributed by atoms with van der Waals surface area (Å²) >= 11 is 1.37. The van der Waals surface area contributed by atoms with E-state index in [2.05, 4.69) is 5.32 Å². The van der Waals surface area contributed by atoms with E-state index in [1.165, 1.54) is 24.6 Å². The topological polar surface area (TPSA) is 75.6 Å². The average molecular weight is 233 g/mol. The lowest BCUT2D eigenvalue weighted by atomic mass is 10.3. The first-order valence-electron chi connectivity index (χ1n) is 4.82. The molecule has 0 aromatic heterocycles. The predicted octanol–water partition coefficient (Wildman–Crippen LogP) is 0.303. The van der Waals surface area contributed by atoms with Crippen molar-refractivity contribution in [2.24, 2.45) is 5.92 Å². The van der Waals surface area contributed by atoms with Gasteiger partial charge in [-0.25, -0.2) is 4.79 Å². The van der Waals surface area contributed by atoms with Crippen LogP contribution in [0.3, 0.4) is 0 Å². The number of aliphatic carboxylic acids is 1. The standard InChI is InChI=1S/C9H15NO4S/c11-5-10-8(9(12)13)4-15-6-14-3-7-1-2-7/h5,7-8H,1-4,6H2,(H,10,11)(H,12,13). The Morgan fingerprint density at radius 2 is 2.40 bits per heavy atom. The number of hydrogen-bond donors (Lipinski definition) is 2. The van der Waals surface area contributed by atoms with Crippen LogP contribution in [0.15, 0.2) is 0 Å². The monoisotopic (exact) mass is 233 g/mol. The molecule has 6 heteroatoms. The van der Waals surface area contributed by atoms with Crippen LogP contribution in [0, 0.1) is 5.92 Å². The van der Waals surface area contributed by atoms with E-state index in [9.17, 15) is 9.59 Å². The third-order valence-electron chi connectivity index (χ3n) is 2.07. The van der Waals surface area contributed by atoms with E-state index in [0.29, 0.717) is 24.0 Å². The molecule has 1 fully saturated rings. The number of carbonyl (C=O) groups excluding carboxylic acids is 1. The second-order valence-corrected chi connectivity index (χ2v) is 4.46. The summed E-state index contributed by atoms with van der Waals surface area (Å²) in [6.07, 6.45) is 2.90. The van der Waals surface area contributed by atoms with E-state index in [1.807, 2.05) is 0 Å². The summed E-state index contributed by atoms with van der Waals surface area (Å²) in [5, 5.41) is 10.9. The van der Waals surface area contributed by atoms with Crippen molar-refractivity contribution in [2.75, 3.05) is 18.3 Å². The Bertz CT molecular complexity index is 220. The number of amides is 1. The Balaban J connectivity index is 1.99. The van der Waals surface area contributed by atoms with Crippen molar-refractivity contribution in [3.05, 3.63) is 0 Å². The van der Waals surface area contributed by atoms with Gasteiger partial charge < -0.3 is 15.2 Å². The first kappa shape index (κ1) is 12.3. The van der Waals surface area contributed by atoms with Crippen LogP contribution in [-0.4, -0.2) is 41.8 Å². The van der Waals surface area contributed by atoms with E-state index in [1.54, 1.807) is 0 Å². The summed E-state index contributed by atoms with van der Waals surface area (Å²) in [5.41, 5.74) is 0. The van der Waals surface area contributed by atoms with Gasteiger partial charge in [0.05, 0.1) is 12.5 Å². The molecule has 86 valence electrons. The number of nitrogens with one attached hydrogen (secondary N) is 1. The lowest BCUT2D eigenvalue weighted by Gasteiger charge is -2.10. The van der Waals surface area contributed by atoms with Crippen molar-refractivity contribution in [1.29, 1.82) is 0 Å². The molecule has 0 aliphatic heterocycles. The van der Waals surface area contributed by atoms with Crippen molar-refractivity contribution in [1.82, 2.24) is 5.32 Å². The van der Waals surface area contributed by atoms with E-state index < -0.39 is 12.0 Å². The highest BCUT2D eigenvalue weighted by Gasteiger charge is 2.21. The summed E-state index contributed by atoms with van der Waals surface area (Å²) in [4.78, 5) is 20.7. The Kier molecular flexibility index (Phi) is 5.49. The maximum Gasteiger partial charge on any atom is 0.327 e. The van der Waals surface area contributed by atoms with Crippen LogP contribution in [0.2, 0.25) is 0 Å². The molecule has 0 aromatic rings. The Morgan fingerprint density at radius 1 is 1.67 bits per heavy atom. The van der Waals surface area contributed by atoms with Crippen LogP contribution in [0.5, 0.6) is 0 Å². The van der Waals surface area contributed by atoms with Crippen molar-refractivity contribution >= 4 is 24.1 Å². The molecule has 0 spiro atoms. The molecule has 1 unspecified atom stereocenters. The van der Waals surface area contributed by atoms with E-state index in [0.717, 1.165) is 6.61 Å². The molecule has 1 aliphatic carbocycles. The smallest absolute Gasteiger partial charge is 0.327 e. The fraction of sp³-hybridized carbons (Fsp3) is 0.778. The normalized spacial score (nSPS) is 17.1. The predicted molar refractivity (Wildman–Crippen MR) is 56.6 cm³/mol. The van der Waals surface area contributed by atoms with E-state index >= 15 is 0 Å². The minimum absolute atomic E-state index is 0.332. The van der Waals surface area contributed by atoms with Gasteiger partial charge in [-0.05, 0) is 18.8 Å². The van der Waals surface area contributed by atoms with Gasteiger partial charge >= 0.3 is 5.97 Å². The first-order chi connectivity index (χ1) is 7.24. The lowest BCUT2D eigenvalue weighted by Crippen LogP contribution is -2.37. The molecule has 1 aliphatic rings. The van der Waals surface area contributed by atoms with Gasteiger partial charge in [0, 0.05) is 5.75 Å². The third kappa shape index (κ3) is 5.64. The van der Waals surface area contributed by atoms with Crippen LogP contribution in [0.1, 0.15) is 12.8 Å². The van der Waals surface area contributed by atoms with Crippen LogP contribution in [0.25, 0.3) is 0 Å². The Labute approximate surface area is 92.6 Å². The van der Waals surface area contributed by atoms with Crippen LogP contribution >= 0.6 is 11.8 Å². The molecule has 1 rings (SSSR count).